The highest BCUT2D eigenvalue weighted by atomic mass is 32.2. The molecule has 0 saturated heterocycles. The molecular formula is C16H20FN3S. The van der Waals surface area contributed by atoms with Gasteiger partial charge in [-0.2, -0.15) is 5.10 Å². The molecule has 0 bridgehead atoms. The maximum atomic E-state index is 13.9. The minimum Gasteiger partial charge on any atom is -0.306 e. The largest absolute Gasteiger partial charge is 0.306 e. The van der Waals surface area contributed by atoms with Crippen LogP contribution in [0.3, 0.4) is 0 Å². The zero-order chi connectivity index (χ0) is 15.0. The van der Waals surface area contributed by atoms with Crippen molar-refractivity contribution in [1.82, 2.24) is 15.1 Å². The molecule has 0 spiro atoms. The number of nitrogens with zero attached hydrogens (tertiary/aromatic N) is 2. The lowest BCUT2D eigenvalue weighted by Crippen LogP contribution is -2.25. The Hall–Kier alpha value is -1.33. The molecule has 1 aliphatic rings. The molecule has 0 saturated carbocycles. The Balaban J connectivity index is 1.80. The average molecular weight is 305 g/mol. The van der Waals surface area contributed by atoms with Gasteiger partial charge < -0.3 is 5.32 Å². The standard InChI is InChI=1S/C16H20FN3S/c1-10-13(11(2)20(3)19-10)9-18-15-7-8-21-16-12(15)5-4-6-14(16)17/h4-6,15,18H,7-9H2,1-3H3/t15-/m0/s1. The lowest BCUT2D eigenvalue weighted by atomic mass is 10.0. The number of aryl methyl sites for hydroxylation is 2. The summed E-state index contributed by atoms with van der Waals surface area (Å²) in [5.74, 6) is 0.856. The molecule has 1 aromatic heterocycles. The van der Waals surface area contributed by atoms with E-state index in [1.54, 1.807) is 23.9 Å². The zero-order valence-corrected chi connectivity index (χ0v) is 13.4. The van der Waals surface area contributed by atoms with Gasteiger partial charge in [-0.3, -0.25) is 4.68 Å². The molecule has 0 fully saturated rings. The molecule has 1 aromatic carbocycles. The molecule has 3 rings (SSSR count). The summed E-state index contributed by atoms with van der Waals surface area (Å²) in [7, 11) is 1.97. The number of rotatable bonds is 3. The first-order valence-electron chi connectivity index (χ1n) is 7.21. The van der Waals surface area contributed by atoms with Crippen LogP contribution < -0.4 is 5.32 Å². The molecule has 5 heteroatoms. The second-order valence-corrected chi connectivity index (χ2v) is 6.61. The third kappa shape index (κ3) is 2.72. The maximum absolute atomic E-state index is 13.9. The second kappa shape index (κ2) is 5.81. The van der Waals surface area contributed by atoms with E-state index >= 15 is 0 Å². The fourth-order valence-electron chi connectivity index (χ4n) is 2.90. The van der Waals surface area contributed by atoms with E-state index in [-0.39, 0.29) is 11.9 Å². The van der Waals surface area contributed by atoms with E-state index in [4.69, 9.17) is 0 Å². The Kier molecular flexibility index (Phi) is 4.04. The molecule has 1 N–H and O–H groups in total. The number of nitrogens with one attached hydrogen (secondary N) is 1. The highest BCUT2D eigenvalue weighted by Crippen LogP contribution is 2.37. The molecule has 1 aliphatic heterocycles. The molecule has 2 aromatic rings. The van der Waals surface area contributed by atoms with E-state index in [0.29, 0.717) is 0 Å². The molecule has 21 heavy (non-hydrogen) atoms. The van der Waals surface area contributed by atoms with Crippen molar-refractivity contribution in [3.05, 3.63) is 46.5 Å². The van der Waals surface area contributed by atoms with Crippen molar-refractivity contribution in [3.8, 4) is 0 Å². The molecular weight excluding hydrogens is 285 g/mol. The zero-order valence-electron chi connectivity index (χ0n) is 12.6. The van der Waals surface area contributed by atoms with Crippen LogP contribution in [0.1, 0.15) is 35.0 Å². The number of fused-ring (bicyclic) bond motifs is 1. The molecule has 0 aliphatic carbocycles. The van der Waals surface area contributed by atoms with Gasteiger partial charge in [0.25, 0.3) is 0 Å². The molecule has 112 valence electrons. The summed E-state index contributed by atoms with van der Waals surface area (Å²) in [6.07, 6.45) is 1.03. The molecule has 0 radical (unpaired) electrons. The summed E-state index contributed by atoms with van der Waals surface area (Å²) in [6, 6.07) is 5.60. The van der Waals surface area contributed by atoms with Gasteiger partial charge in [-0.05, 0) is 37.7 Å². The van der Waals surface area contributed by atoms with Crippen LogP contribution in [0.15, 0.2) is 23.1 Å². The van der Waals surface area contributed by atoms with E-state index in [0.717, 1.165) is 34.9 Å². The molecule has 0 amide bonds. The highest BCUT2D eigenvalue weighted by Gasteiger charge is 2.23. The SMILES string of the molecule is Cc1nn(C)c(C)c1CN[C@H]1CCSc2c(F)cccc21. The fraction of sp³-hybridized carbons (Fsp3) is 0.438. The van der Waals surface area contributed by atoms with Gasteiger partial charge >= 0.3 is 0 Å². The second-order valence-electron chi connectivity index (χ2n) is 5.50. The highest BCUT2D eigenvalue weighted by molar-refractivity contribution is 7.99. The summed E-state index contributed by atoms with van der Waals surface area (Å²) in [6.45, 7) is 4.90. The van der Waals surface area contributed by atoms with E-state index in [1.165, 1.54) is 11.3 Å². The topological polar surface area (TPSA) is 29.9 Å². The van der Waals surface area contributed by atoms with Crippen LogP contribution in [0.4, 0.5) is 4.39 Å². The van der Waals surface area contributed by atoms with Crippen molar-refractivity contribution in [3.63, 3.8) is 0 Å². The van der Waals surface area contributed by atoms with Crippen LogP contribution in [-0.2, 0) is 13.6 Å². The number of halogens is 1. The first kappa shape index (κ1) is 14.6. The molecule has 0 unspecified atom stereocenters. The lowest BCUT2D eigenvalue weighted by molar-refractivity contribution is 0.495. The first-order valence-corrected chi connectivity index (χ1v) is 8.20. The number of hydrogen-bond donors (Lipinski definition) is 1. The van der Waals surface area contributed by atoms with Crippen LogP contribution in [0.2, 0.25) is 0 Å². The average Bonchev–Trinajstić information content (AvgIpc) is 2.71. The normalized spacial score (nSPS) is 17.8. The van der Waals surface area contributed by atoms with Gasteiger partial charge in [-0.15, -0.1) is 11.8 Å². The van der Waals surface area contributed by atoms with Gasteiger partial charge in [-0.1, -0.05) is 12.1 Å². The Morgan fingerprint density at radius 3 is 2.95 bits per heavy atom. The Bertz CT molecular complexity index is 666. The van der Waals surface area contributed by atoms with E-state index < -0.39 is 0 Å². The van der Waals surface area contributed by atoms with Crippen LogP contribution in [0.25, 0.3) is 0 Å². The predicted octanol–water partition coefficient (Wildman–Crippen LogP) is 3.50. The van der Waals surface area contributed by atoms with Crippen LogP contribution in [0.5, 0.6) is 0 Å². The van der Waals surface area contributed by atoms with Gasteiger partial charge in [-0.25, -0.2) is 4.39 Å². The smallest absolute Gasteiger partial charge is 0.137 e. The molecule has 3 nitrogen and oxygen atoms in total. The van der Waals surface area contributed by atoms with Crippen molar-refractivity contribution in [2.24, 2.45) is 7.05 Å². The van der Waals surface area contributed by atoms with Gasteiger partial charge in [0.05, 0.1) is 5.69 Å². The minimum absolute atomic E-state index is 0.0993. The first-order chi connectivity index (χ1) is 10.1. The summed E-state index contributed by atoms with van der Waals surface area (Å²) >= 11 is 1.62. The summed E-state index contributed by atoms with van der Waals surface area (Å²) < 4.78 is 15.8. The number of hydrogen-bond acceptors (Lipinski definition) is 3. The van der Waals surface area contributed by atoms with Crippen molar-refractivity contribution < 1.29 is 4.39 Å². The van der Waals surface area contributed by atoms with Gasteiger partial charge in [0.2, 0.25) is 0 Å². The number of benzene rings is 1. The van der Waals surface area contributed by atoms with Crippen molar-refractivity contribution >= 4 is 11.8 Å². The van der Waals surface area contributed by atoms with E-state index in [9.17, 15) is 4.39 Å². The Labute approximate surface area is 128 Å². The van der Waals surface area contributed by atoms with Crippen LogP contribution in [0, 0.1) is 19.7 Å². The Morgan fingerprint density at radius 1 is 1.43 bits per heavy atom. The number of thioether (sulfide) groups is 1. The van der Waals surface area contributed by atoms with Crippen LogP contribution in [-0.4, -0.2) is 15.5 Å². The third-order valence-corrected chi connectivity index (χ3v) is 5.37. The lowest BCUT2D eigenvalue weighted by Gasteiger charge is -2.26. The molecule has 2 heterocycles. The van der Waals surface area contributed by atoms with Crippen molar-refractivity contribution in [1.29, 1.82) is 0 Å². The van der Waals surface area contributed by atoms with Crippen LogP contribution >= 0.6 is 11.8 Å². The maximum Gasteiger partial charge on any atom is 0.137 e. The quantitative estimate of drug-likeness (QED) is 0.941. The van der Waals surface area contributed by atoms with Gasteiger partial charge in [0, 0.05) is 35.8 Å². The van der Waals surface area contributed by atoms with E-state index in [2.05, 4.69) is 17.3 Å². The molecule has 1 atom stereocenters. The van der Waals surface area contributed by atoms with Gasteiger partial charge in [0.15, 0.2) is 0 Å². The monoisotopic (exact) mass is 305 g/mol. The van der Waals surface area contributed by atoms with Crippen molar-refractivity contribution in [2.45, 2.75) is 37.8 Å². The number of aromatic nitrogens is 2. The minimum atomic E-state index is -0.0993. The summed E-state index contributed by atoms with van der Waals surface area (Å²) in [4.78, 5) is 0.806. The van der Waals surface area contributed by atoms with E-state index in [1.807, 2.05) is 24.7 Å². The third-order valence-electron chi connectivity index (χ3n) is 4.21. The summed E-state index contributed by atoms with van der Waals surface area (Å²) in [5.41, 5.74) is 4.58. The summed E-state index contributed by atoms with van der Waals surface area (Å²) in [5, 5.41) is 8.03. The van der Waals surface area contributed by atoms with Crippen molar-refractivity contribution in [2.75, 3.05) is 5.75 Å². The van der Waals surface area contributed by atoms with Gasteiger partial charge in [0.1, 0.15) is 5.82 Å². The fourth-order valence-corrected chi connectivity index (χ4v) is 4.04. The predicted molar refractivity (Wildman–Crippen MR) is 84.0 cm³/mol. The Morgan fingerprint density at radius 2 is 2.24 bits per heavy atom.